The largest absolute Gasteiger partial charge is 0.455 e. The van der Waals surface area contributed by atoms with E-state index in [1.54, 1.807) is 25.6 Å². The number of amides is 1. The van der Waals surface area contributed by atoms with Gasteiger partial charge in [-0.3, -0.25) is 19.1 Å². The van der Waals surface area contributed by atoms with Crippen LogP contribution in [0.15, 0.2) is 39.5 Å². The lowest BCUT2D eigenvalue weighted by Crippen LogP contribution is -2.26. The molecule has 0 saturated carbocycles. The third-order valence-corrected chi connectivity index (χ3v) is 5.78. The molecule has 1 N–H and O–H groups in total. The van der Waals surface area contributed by atoms with Crippen molar-refractivity contribution in [3.8, 4) is 5.69 Å². The number of furan rings is 1. The fourth-order valence-corrected chi connectivity index (χ4v) is 4.18. The minimum atomic E-state index is -0.529. The predicted octanol–water partition coefficient (Wildman–Crippen LogP) is 3.79. The van der Waals surface area contributed by atoms with E-state index in [4.69, 9.17) is 4.42 Å². The number of anilines is 1. The summed E-state index contributed by atoms with van der Waals surface area (Å²) in [5, 5.41) is 2.71. The van der Waals surface area contributed by atoms with E-state index < -0.39 is 5.91 Å². The number of hydrogen-bond acceptors (Lipinski definition) is 4. The SMILES string of the molecule is Cc1c(C(=O)Nc2c(C)n(C)n(-c3ccccc3)c2=O)oc2c1C(=O)CC(C)(C)C2. The van der Waals surface area contributed by atoms with Crippen molar-refractivity contribution in [3.05, 3.63) is 69.0 Å². The highest BCUT2D eigenvalue weighted by Gasteiger charge is 2.37. The second-order valence-electron chi connectivity index (χ2n) is 8.69. The maximum Gasteiger partial charge on any atom is 0.295 e. The Morgan fingerprint density at radius 3 is 2.43 bits per heavy atom. The number of para-hydroxylation sites is 1. The van der Waals surface area contributed by atoms with E-state index in [-0.39, 0.29) is 28.2 Å². The van der Waals surface area contributed by atoms with Crippen molar-refractivity contribution in [2.45, 2.75) is 40.5 Å². The molecule has 0 fully saturated rings. The molecule has 1 aromatic carbocycles. The minimum Gasteiger partial charge on any atom is -0.455 e. The summed E-state index contributed by atoms with van der Waals surface area (Å²) in [5.41, 5.74) is 1.99. The lowest BCUT2D eigenvalue weighted by atomic mass is 9.76. The van der Waals surface area contributed by atoms with Gasteiger partial charge in [0.25, 0.3) is 11.5 Å². The van der Waals surface area contributed by atoms with Gasteiger partial charge in [-0.1, -0.05) is 32.0 Å². The molecule has 0 aliphatic heterocycles. The highest BCUT2D eigenvalue weighted by molar-refractivity contribution is 6.07. The van der Waals surface area contributed by atoms with Crippen LogP contribution < -0.4 is 10.9 Å². The van der Waals surface area contributed by atoms with Crippen molar-refractivity contribution in [1.82, 2.24) is 9.36 Å². The molecule has 0 radical (unpaired) electrons. The van der Waals surface area contributed by atoms with Crippen LogP contribution >= 0.6 is 0 Å². The zero-order valence-electron chi connectivity index (χ0n) is 17.8. The lowest BCUT2D eigenvalue weighted by Gasteiger charge is -2.27. The molecule has 2 aromatic heterocycles. The van der Waals surface area contributed by atoms with Gasteiger partial charge < -0.3 is 9.73 Å². The molecule has 0 atom stereocenters. The van der Waals surface area contributed by atoms with Gasteiger partial charge in [-0.15, -0.1) is 0 Å². The number of benzene rings is 1. The monoisotopic (exact) mass is 407 g/mol. The smallest absolute Gasteiger partial charge is 0.295 e. The van der Waals surface area contributed by atoms with E-state index in [1.807, 2.05) is 44.2 Å². The summed E-state index contributed by atoms with van der Waals surface area (Å²) in [6, 6.07) is 9.21. The van der Waals surface area contributed by atoms with E-state index in [2.05, 4.69) is 5.32 Å². The predicted molar refractivity (Wildman–Crippen MR) is 114 cm³/mol. The number of nitrogens with one attached hydrogen (secondary N) is 1. The van der Waals surface area contributed by atoms with Crippen molar-refractivity contribution >= 4 is 17.4 Å². The summed E-state index contributed by atoms with van der Waals surface area (Å²) >= 11 is 0. The van der Waals surface area contributed by atoms with E-state index in [9.17, 15) is 14.4 Å². The molecule has 1 amide bonds. The Kier molecular flexibility index (Phi) is 4.56. The number of nitrogens with zero attached hydrogens (tertiary/aromatic N) is 2. The summed E-state index contributed by atoms with van der Waals surface area (Å²) in [6.45, 7) is 7.49. The molecular weight excluding hydrogens is 382 g/mol. The van der Waals surface area contributed by atoms with Crippen LogP contribution in [0.5, 0.6) is 0 Å². The summed E-state index contributed by atoms with van der Waals surface area (Å²) in [5.74, 6) is 0.0905. The highest BCUT2D eigenvalue weighted by atomic mass is 16.4. The molecule has 7 nitrogen and oxygen atoms in total. The number of hydrogen-bond donors (Lipinski definition) is 1. The van der Waals surface area contributed by atoms with E-state index in [0.717, 1.165) is 0 Å². The van der Waals surface area contributed by atoms with Gasteiger partial charge in [0.1, 0.15) is 11.4 Å². The first kappa shape index (κ1) is 19.9. The number of ketones is 1. The number of aromatic nitrogens is 2. The van der Waals surface area contributed by atoms with Crippen molar-refractivity contribution < 1.29 is 14.0 Å². The van der Waals surface area contributed by atoms with Crippen LogP contribution in [0.25, 0.3) is 5.69 Å². The van der Waals surface area contributed by atoms with Crippen molar-refractivity contribution in [2.24, 2.45) is 12.5 Å². The maximum atomic E-state index is 13.0. The number of carbonyl (C=O) groups excluding carboxylic acids is 2. The first-order chi connectivity index (χ1) is 14.1. The maximum absolute atomic E-state index is 13.0. The van der Waals surface area contributed by atoms with Gasteiger partial charge in [-0.2, -0.15) is 0 Å². The van der Waals surface area contributed by atoms with Gasteiger partial charge in [0.05, 0.1) is 16.9 Å². The Balaban J connectivity index is 1.72. The number of fused-ring (bicyclic) bond motifs is 1. The molecule has 1 aliphatic rings. The topological polar surface area (TPSA) is 86.2 Å². The van der Waals surface area contributed by atoms with Gasteiger partial charge in [0.15, 0.2) is 11.5 Å². The number of rotatable bonds is 3. The van der Waals surface area contributed by atoms with Gasteiger partial charge in [-0.25, -0.2) is 4.68 Å². The molecule has 0 saturated heterocycles. The van der Waals surface area contributed by atoms with Gasteiger partial charge in [0.2, 0.25) is 0 Å². The van der Waals surface area contributed by atoms with Gasteiger partial charge in [0, 0.05) is 25.5 Å². The van der Waals surface area contributed by atoms with Crippen LogP contribution in [-0.2, 0) is 13.5 Å². The highest BCUT2D eigenvalue weighted by Crippen LogP contribution is 2.38. The molecular formula is C23H25N3O4. The summed E-state index contributed by atoms with van der Waals surface area (Å²) in [4.78, 5) is 38.6. The Bertz CT molecular complexity index is 1230. The average molecular weight is 407 g/mol. The van der Waals surface area contributed by atoms with Crippen LogP contribution in [0.4, 0.5) is 5.69 Å². The van der Waals surface area contributed by atoms with E-state index >= 15 is 0 Å². The molecule has 1 aliphatic carbocycles. The minimum absolute atomic E-state index is 0.0103. The quantitative estimate of drug-likeness (QED) is 0.716. The fourth-order valence-electron chi connectivity index (χ4n) is 4.18. The fraction of sp³-hybridized carbons (Fsp3) is 0.348. The number of carbonyl (C=O) groups is 2. The van der Waals surface area contributed by atoms with Crippen LogP contribution in [0.2, 0.25) is 0 Å². The molecule has 0 bridgehead atoms. The number of Topliss-reactive ketones (excluding diaryl/α,β-unsaturated/α-hetero) is 1. The zero-order chi connectivity index (χ0) is 21.8. The molecule has 30 heavy (non-hydrogen) atoms. The second-order valence-corrected chi connectivity index (χ2v) is 8.69. The van der Waals surface area contributed by atoms with E-state index in [0.29, 0.717) is 41.1 Å². The molecule has 0 unspecified atom stereocenters. The first-order valence-corrected chi connectivity index (χ1v) is 9.91. The summed E-state index contributed by atoms with van der Waals surface area (Å²) < 4.78 is 9.02. The van der Waals surface area contributed by atoms with Gasteiger partial charge in [-0.05, 0) is 31.4 Å². The van der Waals surface area contributed by atoms with Crippen LogP contribution in [0.1, 0.15) is 58.2 Å². The Morgan fingerprint density at radius 2 is 1.77 bits per heavy atom. The average Bonchev–Trinajstić information content (AvgIpc) is 3.10. The molecule has 7 heteroatoms. The third-order valence-electron chi connectivity index (χ3n) is 5.78. The van der Waals surface area contributed by atoms with Crippen LogP contribution in [0.3, 0.4) is 0 Å². The molecule has 0 spiro atoms. The summed E-state index contributed by atoms with van der Waals surface area (Å²) in [6.07, 6.45) is 1.01. The Labute approximate surface area is 174 Å². The standard InChI is InChI=1S/C23H25N3O4/c1-13-18-16(27)11-23(3,4)12-17(18)30-20(13)21(28)24-19-14(2)25(5)26(22(19)29)15-9-7-6-8-10-15/h6-10H,11-12H2,1-5H3,(H,24,28). The zero-order valence-corrected chi connectivity index (χ0v) is 17.8. The Hall–Kier alpha value is -3.35. The normalized spacial score (nSPS) is 15.2. The van der Waals surface area contributed by atoms with Crippen molar-refractivity contribution in [2.75, 3.05) is 5.32 Å². The second kappa shape index (κ2) is 6.86. The van der Waals surface area contributed by atoms with Gasteiger partial charge >= 0.3 is 0 Å². The molecule has 156 valence electrons. The first-order valence-electron chi connectivity index (χ1n) is 9.91. The lowest BCUT2D eigenvalue weighted by molar-refractivity contribution is 0.0898. The third kappa shape index (κ3) is 3.10. The Morgan fingerprint density at radius 1 is 1.10 bits per heavy atom. The molecule has 3 aromatic rings. The van der Waals surface area contributed by atoms with Crippen molar-refractivity contribution in [1.29, 1.82) is 0 Å². The van der Waals surface area contributed by atoms with Crippen molar-refractivity contribution in [3.63, 3.8) is 0 Å². The molecule has 4 rings (SSSR count). The molecule has 2 heterocycles. The summed E-state index contributed by atoms with van der Waals surface area (Å²) in [7, 11) is 1.76. The van der Waals surface area contributed by atoms with Crippen LogP contribution in [0, 0.1) is 19.3 Å². The van der Waals surface area contributed by atoms with E-state index in [1.165, 1.54) is 4.68 Å². The van der Waals surface area contributed by atoms with Crippen LogP contribution in [-0.4, -0.2) is 21.1 Å².